The molecule has 0 spiro atoms. The predicted octanol–water partition coefficient (Wildman–Crippen LogP) is 2.32. The first kappa shape index (κ1) is 14.2. The Morgan fingerprint density at radius 2 is 2.26 bits per heavy atom. The summed E-state index contributed by atoms with van der Waals surface area (Å²) >= 11 is 4.78. The number of benzene rings is 1. The molecular weight excluding hydrogens is 263 g/mol. The average molecular weight is 282 g/mol. The van der Waals surface area contributed by atoms with Crippen LogP contribution in [0.1, 0.15) is 18.4 Å². The quantitative estimate of drug-likeness (QED) is 0.615. The van der Waals surface area contributed by atoms with Crippen LogP contribution < -0.4 is 10.6 Å². The van der Waals surface area contributed by atoms with Crippen molar-refractivity contribution < 1.29 is 9.13 Å². The van der Waals surface area contributed by atoms with Gasteiger partial charge in [0.1, 0.15) is 10.8 Å². The molecule has 5 heteroatoms. The van der Waals surface area contributed by atoms with E-state index in [4.69, 9.17) is 22.7 Å². The lowest BCUT2D eigenvalue weighted by molar-refractivity contribution is 0.131. The molecule has 1 saturated carbocycles. The zero-order chi connectivity index (χ0) is 13.8. The molecule has 0 amide bonds. The predicted molar refractivity (Wildman–Crippen MR) is 79.1 cm³/mol. The molecule has 0 radical (unpaired) electrons. The second kappa shape index (κ2) is 6.30. The molecule has 104 valence electrons. The molecular formula is C14H19FN2OS. The van der Waals surface area contributed by atoms with Gasteiger partial charge >= 0.3 is 0 Å². The van der Waals surface area contributed by atoms with Gasteiger partial charge in [0.25, 0.3) is 0 Å². The van der Waals surface area contributed by atoms with Crippen molar-refractivity contribution in [2.75, 3.05) is 31.7 Å². The van der Waals surface area contributed by atoms with Gasteiger partial charge in [0.05, 0.1) is 6.61 Å². The van der Waals surface area contributed by atoms with Crippen molar-refractivity contribution >= 4 is 22.9 Å². The van der Waals surface area contributed by atoms with Gasteiger partial charge in [0.15, 0.2) is 0 Å². The standard InChI is InChI=1S/C14H19FN2OS/c1-17(6-7-18-9-10-2-3-10)11-4-5-12(14(16)19)13(15)8-11/h4-5,8,10H,2-3,6-7,9H2,1H3,(H2,16,19). The molecule has 0 heterocycles. The number of anilines is 1. The topological polar surface area (TPSA) is 38.5 Å². The molecule has 0 aliphatic heterocycles. The van der Waals surface area contributed by atoms with E-state index in [-0.39, 0.29) is 16.4 Å². The van der Waals surface area contributed by atoms with Gasteiger partial charge in [-0.25, -0.2) is 4.39 Å². The highest BCUT2D eigenvalue weighted by molar-refractivity contribution is 7.80. The van der Waals surface area contributed by atoms with Gasteiger partial charge in [-0.1, -0.05) is 12.2 Å². The van der Waals surface area contributed by atoms with Gasteiger partial charge in [-0.05, 0) is 37.0 Å². The van der Waals surface area contributed by atoms with E-state index in [9.17, 15) is 4.39 Å². The van der Waals surface area contributed by atoms with Crippen molar-refractivity contribution in [3.63, 3.8) is 0 Å². The van der Waals surface area contributed by atoms with Crippen LogP contribution in [0.15, 0.2) is 18.2 Å². The van der Waals surface area contributed by atoms with Crippen molar-refractivity contribution in [2.45, 2.75) is 12.8 Å². The van der Waals surface area contributed by atoms with Crippen molar-refractivity contribution in [1.29, 1.82) is 0 Å². The summed E-state index contributed by atoms with van der Waals surface area (Å²) in [5, 5.41) is 0. The Labute approximate surface area is 118 Å². The van der Waals surface area contributed by atoms with Gasteiger partial charge < -0.3 is 15.4 Å². The molecule has 1 fully saturated rings. The Kier molecular flexibility index (Phi) is 4.71. The van der Waals surface area contributed by atoms with Crippen LogP contribution in [0.4, 0.5) is 10.1 Å². The van der Waals surface area contributed by atoms with Crippen LogP contribution in [0, 0.1) is 11.7 Å². The zero-order valence-corrected chi connectivity index (χ0v) is 11.9. The van der Waals surface area contributed by atoms with Gasteiger partial charge in [-0.15, -0.1) is 0 Å². The summed E-state index contributed by atoms with van der Waals surface area (Å²) in [5.74, 6) is 0.392. The highest BCUT2D eigenvalue weighted by atomic mass is 32.1. The van der Waals surface area contributed by atoms with Crippen molar-refractivity contribution in [1.82, 2.24) is 0 Å². The molecule has 0 aromatic heterocycles. The third kappa shape index (κ3) is 4.14. The highest BCUT2D eigenvalue weighted by Crippen LogP contribution is 2.28. The van der Waals surface area contributed by atoms with Crippen LogP contribution in [0.5, 0.6) is 0 Å². The van der Waals surface area contributed by atoms with Crippen LogP contribution in [-0.2, 0) is 4.74 Å². The molecule has 1 aliphatic rings. The number of nitrogens with zero attached hydrogens (tertiary/aromatic N) is 1. The second-order valence-electron chi connectivity index (χ2n) is 4.97. The number of hydrogen-bond donors (Lipinski definition) is 1. The van der Waals surface area contributed by atoms with Gasteiger partial charge in [-0.2, -0.15) is 0 Å². The molecule has 0 unspecified atom stereocenters. The summed E-state index contributed by atoms with van der Waals surface area (Å²) in [6.45, 7) is 2.24. The Morgan fingerprint density at radius 1 is 1.53 bits per heavy atom. The molecule has 1 aromatic rings. The third-order valence-electron chi connectivity index (χ3n) is 3.28. The Hall–Kier alpha value is -1.20. The van der Waals surface area contributed by atoms with E-state index in [0.29, 0.717) is 6.61 Å². The second-order valence-corrected chi connectivity index (χ2v) is 5.41. The van der Waals surface area contributed by atoms with Crippen LogP contribution in [0.2, 0.25) is 0 Å². The minimum atomic E-state index is -0.379. The normalized spacial score (nSPS) is 14.4. The minimum Gasteiger partial charge on any atom is -0.389 e. The molecule has 0 saturated heterocycles. The first-order chi connectivity index (χ1) is 9.08. The van der Waals surface area contributed by atoms with Gasteiger partial charge in [0, 0.05) is 31.5 Å². The lowest BCUT2D eigenvalue weighted by Crippen LogP contribution is -2.23. The summed E-state index contributed by atoms with van der Waals surface area (Å²) in [6.07, 6.45) is 2.59. The smallest absolute Gasteiger partial charge is 0.135 e. The maximum Gasteiger partial charge on any atom is 0.135 e. The molecule has 2 rings (SSSR count). The van der Waals surface area contributed by atoms with E-state index in [0.717, 1.165) is 24.8 Å². The first-order valence-electron chi connectivity index (χ1n) is 6.46. The van der Waals surface area contributed by atoms with Crippen LogP contribution >= 0.6 is 12.2 Å². The number of halogens is 1. The Balaban J connectivity index is 1.85. The van der Waals surface area contributed by atoms with Crippen molar-refractivity contribution in [3.8, 4) is 0 Å². The summed E-state index contributed by atoms with van der Waals surface area (Å²) in [6, 6.07) is 4.89. The lowest BCUT2D eigenvalue weighted by atomic mass is 10.2. The fraction of sp³-hybridized carbons (Fsp3) is 0.500. The van der Waals surface area contributed by atoms with E-state index in [1.807, 2.05) is 18.0 Å². The van der Waals surface area contributed by atoms with Crippen LogP contribution in [0.25, 0.3) is 0 Å². The molecule has 1 aromatic carbocycles. The maximum absolute atomic E-state index is 13.7. The molecule has 2 N–H and O–H groups in total. The Bertz CT molecular complexity index is 463. The van der Waals surface area contributed by atoms with E-state index in [2.05, 4.69) is 0 Å². The molecule has 0 bridgehead atoms. The fourth-order valence-electron chi connectivity index (χ4n) is 1.81. The van der Waals surface area contributed by atoms with Crippen molar-refractivity contribution in [2.24, 2.45) is 11.7 Å². The fourth-order valence-corrected chi connectivity index (χ4v) is 1.97. The molecule has 1 aliphatic carbocycles. The zero-order valence-electron chi connectivity index (χ0n) is 11.1. The van der Waals surface area contributed by atoms with Gasteiger partial charge in [0.2, 0.25) is 0 Å². The van der Waals surface area contributed by atoms with E-state index >= 15 is 0 Å². The van der Waals surface area contributed by atoms with Crippen LogP contribution in [0.3, 0.4) is 0 Å². The third-order valence-corrected chi connectivity index (χ3v) is 3.50. The number of hydrogen-bond acceptors (Lipinski definition) is 3. The summed E-state index contributed by atoms with van der Waals surface area (Å²) in [4.78, 5) is 2.04. The number of likely N-dealkylation sites (N-methyl/N-ethyl adjacent to an activating group) is 1. The van der Waals surface area contributed by atoms with E-state index < -0.39 is 0 Å². The molecule has 0 atom stereocenters. The number of thiocarbonyl (C=S) groups is 1. The molecule has 19 heavy (non-hydrogen) atoms. The van der Waals surface area contributed by atoms with E-state index in [1.54, 1.807) is 6.07 Å². The SMILES string of the molecule is CN(CCOCC1CC1)c1ccc(C(N)=S)c(F)c1. The van der Waals surface area contributed by atoms with Crippen LogP contribution in [-0.4, -0.2) is 31.8 Å². The maximum atomic E-state index is 13.7. The number of nitrogens with two attached hydrogens (primary N) is 1. The summed E-state index contributed by atoms with van der Waals surface area (Å²) in [5.41, 5.74) is 6.52. The highest BCUT2D eigenvalue weighted by Gasteiger charge is 2.21. The van der Waals surface area contributed by atoms with Crippen molar-refractivity contribution in [3.05, 3.63) is 29.6 Å². The summed E-state index contributed by atoms with van der Waals surface area (Å²) in [7, 11) is 1.91. The number of ether oxygens (including phenoxy) is 1. The van der Waals surface area contributed by atoms with Gasteiger partial charge in [-0.3, -0.25) is 0 Å². The van der Waals surface area contributed by atoms with E-state index in [1.165, 1.54) is 18.9 Å². The Morgan fingerprint density at radius 3 is 2.84 bits per heavy atom. The first-order valence-corrected chi connectivity index (χ1v) is 6.87. The minimum absolute atomic E-state index is 0.0828. The largest absolute Gasteiger partial charge is 0.389 e. The lowest BCUT2D eigenvalue weighted by Gasteiger charge is -2.19. The molecule has 3 nitrogen and oxygen atoms in total. The summed E-state index contributed by atoms with van der Waals surface area (Å²) < 4.78 is 19.3. The average Bonchev–Trinajstić information content (AvgIpc) is 3.17. The monoisotopic (exact) mass is 282 g/mol. The number of rotatable bonds is 7.